The minimum absolute atomic E-state index is 0.182. The zero-order valence-electron chi connectivity index (χ0n) is 12.5. The van der Waals surface area contributed by atoms with Crippen LogP contribution in [0.1, 0.15) is 16.1 Å². The van der Waals surface area contributed by atoms with Crippen LogP contribution in [0.3, 0.4) is 0 Å². The fraction of sp³-hybridized carbons (Fsp3) is 0.0667. The number of hydrogen-bond donors (Lipinski definition) is 3. The molecule has 2 aromatic heterocycles. The summed E-state index contributed by atoms with van der Waals surface area (Å²) in [4.78, 5) is 21.4. The van der Waals surface area contributed by atoms with Crippen molar-refractivity contribution >= 4 is 50.1 Å². The molecular formula is C15H12FN5OS2. The van der Waals surface area contributed by atoms with Crippen LogP contribution in [0.5, 0.6) is 0 Å². The Balaban J connectivity index is 1.58. The van der Waals surface area contributed by atoms with Crippen molar-refractivity contribution in [3.63, 3.8) is 0 Å². The molecule has 1 aromatic carbocycles. The number of fused-ring (bicyclic) bond motifs is 1. The van der Waals surface area contributed by atoms with Gasteiger partial charge in [-0.25, -0.2) is 14.4 Å². The predicted molar refractivity (Wildman–Crippen MR) is 95.4 cm³/mol. The van der Waals surface area contributed by atoms with Crippen LogP contribution >= 0.6 is 23.6 Å². The molecule has 0 atom stereocenters. The van der Waals surface area contributed by atoms with Gasteiger partial charge in [0.1, 0.15) is 16.2 Å². The SMILES string of the molecule is Cc1ccc2nc(NC(=S)NNC(=O)c3ccc(F)cc3)sc2n1. The molecule has 3 rings (SSSR count). The third kappa shape index (κ3) is 3.81. The number of aryl methyl sites for hydroxylation is 1. The van der Waals surface area contributed by atoms with E-state index in [1.165, 1.54) is 35.6 Å². The van der Waals surface area contributed by atoms with Crippen LogP contribution in [0.2, 0.25) is 0 Å². The molecule has 24 heavy (non-hydrogen) atoms. The van der Waals surface area contributed by atoms with Gasteiger partial charge in [0.25, 0.3) is 5.91 Å². The second kappa shape index (κ2) is 6.85. The summed E-state index contributed by atoms with van der Waals surface area (Å²) in [6, 6.07) is 8.94. The molecule has 3 aromatic rings. The number of hydrazine groups is 1. The van der Waals surface area contributed by atoms with Crippen LogP contribution in [-0.2, 0) is 0 Å². The summed E-state index contributed by atoms with van der Waals surface area (Å²) < 4.78 is 12.8. The topological polar surface area (TPSA) is 78.9 Å². The van der Waals surface area contributed by atoms with Crippen molar-refractivity contribution in [1.29, 1.82) is 0 Å². The second-order valence-corrected chi connectivity index (χ2v) is 6.22. The molecule has 9 heteroatoms. The van der Waals surface area contributed by atoms with E-state index in [4.69, 9.17) is 12.2 Å². The highest BCUT2D eigenvalue weighted by Gasteiger charge is 2.08. The molecule has 2 heterocycles. The van der Waals surface area contributed by atoms with E-state index < -0.39 is 11.7 Å². The standard InChI is InChI=1S/C15H12FN5OS2/c1-8-2-7-11-13(17-8)24-15(18-11)19-14(23)21-20-12(22)9-3-5-10(16)6-4-9/h2-7H,1H3,(H,20,22)(H2,18,19,21,23). The van der Waals surface area contributed by atoms with E-state index in [2.05, 4.69) is 26.1 Å². The lowest BCUT2D eigenvalue weighted by atomic mass is 10.2. The maximum absolute atomic E-state index is 12.8. The lowest BCUT2D eigenvalue weighted by Crippen LogP contribution is -2.43. The molecule has 0 bridgehead atoms. The Bertz CT molecular complexity index is 910. The Hall–Kier alpha value is -2.65. The third-order valence-electron chi connectivity index (χ3n) is 3.01. The summed E-state index contributed by atoms with van der Waals surface area (Å²) in [5, 5.41) is 3.63. The Morgan fingerprint density at radius 1 is 1.12 bits per heavy atom. The minimum atomic E-state index is -0.430. The van der Waals surface area contributed by atoms with E-state index in [9.17, 15) is 9.18 Å². The third-order valence-corrected chi connectivity index (χ3v) is 4.10. The van der Waals surface area contributed by atoms with Crippen molar-refractivity contribution in [2.45, 2.75) is 6.92 Å². The number of nitrogens with one attached hydrogen (secondary N) is 3. The first-order chi connectivity index (χ1) is 11.5. The molecule has 0 spiro atoms. The van der Waals surface area contributed by atoms with Crippen LogP contribution in [-0.4, -0.2) is 21.0 Å². The molecule has 0 fully saturated rings. The van der Waals surface area contributed by atoms with Gasteiger partial charge in [0.2, 0.25) is 0 Å². The average molecular weight is 361 g/mol. The van der Waals surface area contributed by atoms with Gasteiger partial charge in [-0.1, -0.05) is 11.3 Å². The van der Waals surface area contributed by atoms with Crippen LogP contribution < -0.4 is 16.2 Å². The van der Waals surface area contributed by atoms with Gasteiger partial charge >= 0.3 is 0 Å². The highest BCUT2D eigenvalue weighted by atomic mass is 32.1. The summed E-state index contributed by atoms with van der Waals surface area (Å²) in [6.07, 6.45) is 0. The number of carbonyl (C=O) groups is 1. The van der Waals surface area contributed by atoms with E-state index in [1.54, 1.807) is 0 Å². The monoisotopic (exact) mass is 361 g/mol. The number of aromatic nitrogens is 2. The Morgan fingerprint density at radius 3 is 2.62 bits per heavy atom. The first-order valence-corrected chi connectivity index (χ1v) is 8.11. The van der Waals surface area contributed by atoms with Crippen molar-refractivity contribution in [1.82, 2.24) is 20.8 Å². The molecule has 0 aliphatic rings. The zero-order valence-corrected chi connectivity index (χ0v) is 14.1. The van der Waals surface area contributed by atoms with E-state index >= 15 is 0 Å². The van der Waals surface area contributed by atoms with Gasteiger partial charge < -0.3 is 5.32 Å². The number of hydrogen-bond acceptors (Lipinski definition) is 5. The van der Waals surface area contributed by atoms with E-state index in [0.29, 0.717) is 10.7 Å². The van der Waals surface area contributed by atoms with Crippen molar-refractivity contribution in [3.8, 4) is 0 Å². The molecular weight excluding hydrogens is 349 g/mol. The van der Waals surface area contributed by atoms with Crippen molar-refractivity contribution in [3.05, 3.63) is 53.5 Å². The number of pyridine rings is 1. The van der Waals surface area contributed by atoms with Crippen LogP contribution in [0, 0.1) is 12.7 Å². The number of anilines is 1. The number of rotatable bonds is 2. The minimum Gasteiger partial charge on any atom is -0.307 e. The Kier molecular flexibility index (Phi) is 4.63. The smallest absolute Gasteiger partial charge is 0.269 e. The van der Waals surface area contributed by atoms with E-state index in [1.807, 2.05) is 19.1 Å². The van der Waals surface area contributed by atoms with Crippen molar-refractivity contribution in [2.24, 2.45) is 0 Å². The van der Waals surface area contributed by atoms with Crippen LogP contribution in [0.25, 0.3) is 10.3 Å². The second-order valence-electron chi connectivity index (χ2n) is 4.84. The number of thiocarbonyl (C=S) groups is 1. The summed E-state index contributed by atoms with van der Waals surface area (Å²) in [5.74, 6) is -0.836. The summed E-state index contributed by atoms with van der Waals surface area (Å²) in [6.45, 7) is 1.91. The van der Waals surface area contributed by atoms with Crippen molar-refractivity contribution in [2.75, 3.05) is 5.32 Å². The lowest BCUT2D eigenvalue weighted by molar-refractivity contribution is 0.0944. The maximum Gasteiger partial charge on any atom is 0.269 e. The summed E-state index contributed by atoms with van der Waals surface area (Å²) in [5.41, 5.74) is 6.99. The number of carbonyl (C=O) groups excluding carboxylic acids is 1. The number of thiazole rings is 1. The fourth-order valence-corrected chi connectivity index (χ4v) is 2.98. The number of nitrogens with zero attached hydrogens (tertiary/aromatic N) is 2. The molecule has 0 aliphatic heterocycles. The largest absolute Gasteiger partial charge is 0.307 e. The zero-order chi connectivity index (χ0) is 17.1. The van der Waals surface area contributed by atoms with Gasteiger partial charge in [-0.2, -0.15) is 0 Å². The summed E-state index contributed by atoms with van der Waals surface area (Å²) in [7, 11) is 0. The van der Waals surface area contributed by atoms with E-state index in [-0.39, 0.29) is 5.11 Å². The lowest BCUT2D eigenvalue weighted by Gasteiger charge is -2.09. The molecule has 122 valence electrons. The van der Waals surface area contributed by atoms with Crippen LogP contribution in [0.4, 0.5) is 9.52 Å². The first kappa shape index (κ1) is 16.2. The number of benzene rings is 1. The van der Waals surface area contributed by atoms with Crippen LogP contribution in [0.15, 0.2) is 36.4 Å². The van der Waals surface area contributed by atoms with Gasteiger partial charge in [0, 0.05) is 11.3 Å². The first-order valence-electron chi connectivity index (χ1n) is 6.88. The van der Waals surface area contributed by atoms with Gasteiger partial charge in [0.15, 0.2) is 10.2 Å². The molecule has 3 N–H and O–H groups in total. The highest BCUT2D eigenvalue weighted by molar-refractivity contribution is 7.80. The maximum atomic E-state index is 12.8. The Labute approximate surface area is 146 Å². The molecule has 0 saturated carbocycles. The number of halogens is 1. The van der Waals surface area contributed by atoms with Gasteiger partial charge in [-0.05, 0) is 55.5 Å². The summed E-state index contributed by atoms with van der Waals surface area (Å²) >= 11 is 6.46. The highest BCUT2D eigenvalue weighted by Crippen LogP contribution is 2.24. The predicted octanol–water partition coefficient (Wildman–Crippen LogP) is 2.77. The molecule has 1 amide bonds. The average Bonchev–Trinajstić information content (AvgIpc) is 2.94. The van der Waals surface area contributed by atoms with Gasteiger partial charge in [-0.3, -0.25) is 15.6 Å². The van der Waals surface area contributed by atoms with E-state index in [0.717, 1.165) is 16.0 Å². The molecule has 0 aliphatic carbocycles. The normalized spacial score (nSPS) is 10.4. The molecule has 0 radical (unpaired) electrons. The van der Waals surface area contributed by atoms with Crippen molar-refractivity contribution < 1.29 is 9.18 Å². The molecule has 0 unspecified atom stereocenters. The Morgan fingerprint density at radius 2 is 1.88 bits per heavy atom. The quantitative estimate of drug-likeness (QED) is 0.481. The van der Waals surface area contributed by atoms with Gasteiger partial charge in [-0.15, -0.1) is 0 Å². The number of amides is 1. The molecule has 0 saturated heterocycles. The fourth-order valence-electron chi connectivity index (χ4n) is 1.88. The molecule has 6 nitrogen and oxygen atoms in total. The van der Waals surface area contributed by atoms with Gasteiger partial charge in [0.05, 0.1) is 0 Å².